The van der Waals surface area contributed by atoms with E-state index in [1.54, 1.807) is 11.3 Å². The maximum absolute atomic E-state index is 13.9. The first-order valence-electron chi connectivity index (χ1n) is 11.9. The number of aryl methyl sites for hydroxylation is 2. The molecule has 2 aromatic carbocycles. The van der Waals surface area contributed by atoms with Crippen LogP contribution in [-0.2, 0) is 6.42 Å². The van der Waals surface area contributed by atoms with E-state index in [4.69, 9.17) is 5.73 Å². The highest BCUT2D eigenvalue weighted by Gasteiger charge is 2.54. The van der Waals surface area contributed by atoms with Gasteiger partial charge in [0.05, 0.1) is 9.88 Å². The second-order valence-electron chi connectivity index (χ2n) is 9.70. The van der Waals surface area contributed by atoms with Crippen molar-refractivity contribution in [3.8, 4) is 10.4 Å². The molecule has 176 valence electrons. The molecule has 1 saturated carbocycles. The van der Waals surface area contributed by atoms with Crippen LogP contribution in [0.3, 0.4) is 0 Å². The third-order valence-corrected chi connectivity index (χ3v) is 8.15. The maximum Gasteiger partial charge on any atom is 0.274 e. The SMILES string of the molecule is Cc1cccc(-c2sc(C)nc2C(=O)N2[C@H](Cc3cc4ccccc4c(C(N)=O)n3)C[C@@H]3C[C@@H]32)c1. The number of rotatable bonds is 5. The van der Waals surface area contributed by atoms with Gasteiger partial charge in [0.1, 0.15) is 11.4 Å². The molecule has 2 amide bonds. The molecule has 1 saturated heterocycles. The third-order valence-electron chi connectivity index (χ3n) is 7.13. The van der Waals surface area contributed by atoms with Gasteiger partial charge in [-0.05, 0) is 49.6 Å². The minimum atomic E-state index is -0.536. The number of hydrogen-bond acceptors (Lipinski definition) is 5. The quantitative estimate of drug-likeness (QED) is 0.437. The van der Waals surface area contributed by atoms with Crippen molar-refractivity contribution in [2.24, 2.45) is 11.7 Å². The van der Waals surface area contributed by atoms with Gasteiger partial charge in [-0.15, -0.1) is 11.3 Å². The highest BCUT2D eigenvalue weighted by atomic mass is 32.1. The molecular formula is C28H26N4O2S. The van der Waals surface area contributed by atoms with E-state index in [9.17, 15) is 9.59 Å². The number of aromatic nitrogens is 2. The van der Waals surface area contributed by atoms with Crippen molar-refractivity contribution in [2.75, 3.05) is 0 Å². The number of benzene rings is 2. The normalized spacial score (nSPS) is 20.7. The van der Waals surface area contributed by atoms with E-state index in [0.29, 0.717) is 18.0 Å². The first-order valence-corrected chi connectivity index (χ1v) is 12.8. The molecule has 1 aliphatic heterocycles. The molecule has 0 radical (unpaired) electrons. The number of nitrogens with two attached hydrogens (primary N) is 1. The molecule has 2 N–H and O–H groups in total. The summed E-state index contributed by atoms with van der Waals surface area (Å²) in [5, 5.41) is 2.58. The van der Waals surface area contributed by atoms with Crippen LogP contribution in [0.25, 0.3) is 21.2 Å². The van der Waals surface area contributed by atoms with Crippen LogP contribution in [0.2, 0.25) is 0 Å². The zero-order valence-electron chi connectivity index (χ0n) is 19.7. The van der Waals surface area contributed by atoms with E-state index in [1.807, 2.05) is 54.3 Å². The van der Waals surface area contributed by atoms with Crippen molar-refractivity contribution in [1.29, 1.82) is 0 Å². The second kappa shape index (κ2) is 8.27. The Hall–Kier alpha value is -3.58. The van der Waals surface area contributed by atoms with Crippen LogP contribution >= 0.6 is 11.3 Å². The molecule has 3 atom stereocenters. The van der Waals surface area contributed by atoms with Gasteiger partial charge in [0, 0.05) is 29.6 Å². The molecule has 6 rings (SSSR count). The average molecular weight is 483 g/mol. The Morgan fingerprint density at radius 2 is 1.86 bits per heavy atom. The van der Waals surface area contributed by atoms with Gasteiger partial charge in [-0.3, -0.25) is 9.59 Å². The first-order chi connectivity index (χ1) is 16.9. The van der Waals surface area contributed by atoms with Crippen molar-refractivity contribution in [3.05, 3.63) is 82.3 Å². The molecule has 2 aliphatic rings. The highest BCUT2D eigenvalue weighted by molar-refractivity contribution is 7.15. The Bertz CT molecular complexity index is 1490. The molecule has 6 nitrogen and oxygen atoms in total. The van der Waals surface area contributed by atoms with Crippen LogP contribution in [0, 0.1) is 19.8 Å². The largest absolute Gasteiger partial charge is 0.364 e. The molecule has 2 fully saturated rings. The zero-order valence-corrected chi connectivity index (χ0v) is 20.5. The predicted octanol–water partition coefficient (Wildman–Crippen LogP) is 4.92. The van der Waals surface area contributed by atoms with Crippen molar-refractivity contribution in [1.82, 2.24) is 14.9 Å². The molecule has 0 unspecified atom stereocenters. The van der Waals surface area contributed by atoms with Crippen molar-refractivity contribution in [2.45, 2.75) is 45.2 Å². The monoisotopic (exact) mass is 482 g/mol. The summed E-state index contributed by atoms with van der Waals surface area (Å²) in [6, 6.07) is 18.2. The number of likely N-dealkylation sites (tertiary alicyclic amines) is 1. The minimum absolute atomic E-state index is 0.00299. The van der Waals surface area contributed by atoms with Crippen molar-refractivity contribution < 1.29 is 9.59 Å². The van der Waals surface area contributed by atoms with Crippen molar-refractivity contribution >= 4 is 33.9 Å². The summed E-state index contributed by atoms with van der Waals surface area (Å²) in [6.45, 7) is 4.01. The number of amides is 2. The number of pyridine rings is 1. The van der Waals surface area contributed by atoms with Gasteiger partial charge >= 0.3 is 0 Å². The van der Waals surface area contributed by atoms with Crippen LogP contribution in [0.5, 0.6) is 0 Å². The zero-order chi connectivity index (χ0) is 24.3. The van der Waals surface area contributed by atoms with Gasteiger partial charge in [0.15, 0.2) is 0 Å². The summed E-state index contributed by atoms with van der Waals surface area (Å²) in [5.74, 6) is -0.00932. The Balaban J connectivity index is 1.34. The summed E-state index contributed by atoms with van der Waals surface area (Å²) in [4.78, 5) is 38.3. The van der Waals surface area contributed by atoms with E-state index < -0.39 is 5.91 Å². The van der Waals surface area contributed by atoms with Crippen LogP contribution in [0.4, 0.5) is 0 Å². The molecule has 1 aliphatic carbocycles. The smallest absolute Gasteiger partial charge is 0.274 e. The molecule has 3 heterocycles. The molecule has 4 aromatic rings. The number of nitrogens with zero attached hydrogens (tertiary/aromatic N) is 3. The first kappa shape index (κ1) is 21.9. The number of fused-ring (bicyclic) bond motifs is 2. The molecule has 2 aromatic heterocycles. The number of hydrogen-bond donors (Lipinski definition) is 1. The van der Waals surface area contributed by atoms with E-state index in [-0.39, 0.29) is 23.7 Å². The number of primary amides is 1. The van der Waals surface area contributed by atoms with E-state index in [1.165, 1.54) is 0 Å². The van der Waals surface area contributed by atoms with Gasteiger partial charge < -0.3 is 10.6 Å². The van der Waals surface area contributed by atoms with Crippen LogP contribution in [0.15, 0.2) is 54.6 Å². The average Bonchev–Trinajstić information content (AvgIpc) is 3.32. The predicted molar refractivity (Wildman–Crippen MR) is 137 cm³/mol. The van der Waals surface area contributed by atoms with Gasteiger partial charge in [0.2, 0.25) is 0 Å². The lowest BCUT2D eigenvalue weighted by Gasteiger charge is -2.27. The highest BCUT2D eigenvalue weighted by Crippen LogP contribution is 2.49. The standard InChI is InChI=1S/C28H26N4O2S/c1-15-6-5-8-18(10-15)26-25(30-16(2)35-26)28(34)32-21(12-19-13-23(19)32)14-20-11-17-7-3-4-9-22(17)24(31-20)27(29)33/h3-11,19,21,23H,12-14H2,1-2H3,(H2,29,33)/t19-,21+,23+/m1/s1. The van der Waals surface area contributed by atoms with Gasteiger partial charge in [0.25, 0.3) is 11.8 Å². The summed E-state index contributed by atoms with van der Waals surface area (Å²) < 4.78 is 0. The Labute approximate surface area is 207 Å². The topological polar surface area (TPSA) is 89.2 Å². The van der Waals surface area contributed by atoms with E-state index in [0.717, 1.165) is 50.3 Å². The van der Waals surface area contributed by atoms with Gasteiger partial charge in [-0.25, -0.2) is 9.97 Å². The lowest BCUT2D eigenvalue weighted by Crippen LogP contribution is -2.40. The van der Waals surface area contributed by atoms with Gasteiger partial charge in [-0.2, -0.15) is 0 Å². The number of thiazole rings is 1. The van der Waals surface area contributed by atoms with Crippen LogP contribution in [0.1, 0.15) is 50.1 Å². The Kier molecular flexibility index (Phi) is 5.18. The number of carbonyl (C=O) groups excluding carboxylic acids is 2. The third kappa shape index (κ3) is 3.90. The fourth-order valence-corrected chi connectivity index (χ4v) is 6.43. The fraction of sp³-hybridized carbons (Fsp3) is 0.286. The lowest BCUT2D eigenvalue weighted by atomic mass is 10.0. The van der Waals surface area contributed by atoms with E-state index in [2.05, 4.69) is 29.0 Å². The lowest BCUT2D eigenvalue weighted by molar-refractivity contribution is 0.0694. The second-order valence-corrected chi connectivity index (χ2v) is 10.9. The van der Waals surface area contributed by atoms with E-state index >= 15 is 0 Å². The maximum atomic E-state index is 13.9. The fourth-order valence-electron chi connectivity index (χ4n) is 5.52. The summed E-state index contributed by atoms with van der Waals surface area (Å²) in [6.07, 6.45) is 2.58. The van der Waals surface area contributed by atoms with Crippen LogP contribution < -0.4 is 5.73 Å². The minimum Gasteiger partial charge on any atom is -0.364 e. The van der Waals surface area contributed by atoms with Crippen LogP contribution in [-0.4, -0.2) is 38.8 Å². The van der Waals surface area contributed by atoms with Crippen molar-refractivity contribution in [3.63, 3.8) is 0 Å². The summed E-state index contributed by atoms with van der Waals surface area (Å²) in [5.41, 5.74) is 9.45. The Morgan fingerprint density at radius 3 is 2.66 bits per heavy atom. The molecule has 0 bridgehead atoms. The molecule has 0 spiro atoms. The summed E-state index contributed by atoms with van der Waals surface area (Å²) in [7, 11) is 0. The molecule has 35 heavy (non-hydrogen) atoms. The number of piperidine rings is 1. The van der Waals surface area contributed by atoms with Gasteiger partial charge in [-0.1, -0.05) is 54.1 Å². The Morgan fingerprint density at radius 1 is 1.03 bits per heavy atom. The number of carbonyl (C=O) groups is 2. The molecular weight excluding hydrogens is 456 g/mol. The molecule has 7 heteroatoms. The summed E-state index contributed by atoms with van der Waals surface area (Å²) >= 11 is 1.57.